The van der Waals surface area contributed by atoms with Crippen molar-refractivity contribution in [1.82, 2.24) is 0 Å². The predicted octanol–water partition coefficient (Wildman–Crippen LogP) is 3.31. The molecular formula is C12H15NO. The molecule has 0 aliphatic heterocycles. The number of ketones is 1. The molecule has 0 N–H and O–H groups in total. The number of Topliss-reactive ketones (excluding diaryl/α,β-unsaturated/α-hetero) is 1. The summed E-state index contributed by atoms with van der Waals surface area (Å²) in [5.41, 5.74) is 3.51. The number of nitrogens with zero attached hydrogens (tertiary/aromatic N) is 1. The number of hydrogen-bond acceptors (Lipinski definition) is 2. The van der Waals surface area contributed by atoms with Gasteiger partial charge in [-0.15, -0.1) is 0 Å². The van der Waals surface area contributed by atoms with Crippen molar-refractivity contribution in [2.45, 2.75) is 27.7 Å². The Bertz CT molecular complexity index is 387. The molecule has 0 radical (unpaired) electrons. The lowest BCUT2D eigenvalue weighted by atomic mass is 10.1. The topological polar surface area (TPSA) is 29.4 Å². The second-order valence-electron chi connectivity index (χ2n) is 3.59. The Balaban J connectivity index is 3.37. The summed E-state index contributed by atoms with van der Waals surface area (Å²) in [6, 6.07) is 5.67. The first kappa shape index (κ1) is 10.6. The standard InChI is InChI=1S/C12H15NO/c1-8(2)13-12-9(3)6-5-7-11(12)10(4)14/h5-7H,1-4H3. The average Bonchev–Trinajstić information content (AvgIpc) is 2.07. The van der Waals surface area contributed by atoms with E-state index in [9.17, 15) is 4.79 Å². The minimum absolute atomic E-state index is 0.0636. The molecule has 0 spiro atoms. The molecule has 74 valence electrons. The van der Waals surface area contributed by atoms with Crippen molar-refractivity contribution < 1.29 is 4.79 Å². The lowest BCUT2D eigenvalue weighted by molar-refractivity contribution is 0.101. The molecule has 0 fully saturated rings. The Hall–Kier alpha value is -1.44. The van der Waals surface area contributed by atoms with E-state index in [0.29, 0.717) is 5.56 Å². The Morgan fingerprint density at radius 2 is 1.86 bits per heavy atom. The van der Waals surface area contributed by atoms with E-state index in [2.05, 4.69) is 4.99 Å². The van der Waals surface area contributed by atoms with E-state index >= 15 is 0 Å². The van der Waals surface area contributed by atoms with E-state index in [0.717, 1.165) is 17.0 Å². The zero-order chi connectivity index (χ0) is 10.7. The Morgan fingerprint density at radius 3 is 2.36 bits per heavy atom. The fourth-order valence-electron chi connectivity index (χ4n) is 1.32. The fourth-order valence-corrected chi connectivity index (χ4v) is 1.32. The Labute approximate surface area is 84.7 Å². The van der Waals surface area contributed by atoms with Gasteiger partial charge in [0.25, 0.3) is 0 Å². The number of benzene rings is 1. The molecule has 0 saturated heterocycles. The van der Waals surface area contributed by atoms with Crippen molar-refractivity contribution in [1.29, 1.82) is 0 Å². The molecule has 0 unspecified atom stereocenters. The highest BCUT2D eigenvalue weighted by Crippen LogP contribution is 2.24. The van der Waals surface area contributed by atoms with Crippen molar-refractivity contribution in [3.8, 4) is 0 Å². The third-order valence-corrected chi connectivity index (χ3v) is 1.95. The molecule has 1 aromatic carbocycles. The van der Waals surface area contributed by atoms with E-state index in [4.69, 9.17) is 0 Å². The molecule has 0 atom stereocenters. The SMILES string of the molecule is CC(=O)c1cccc(C)c1N=C(C)C. The first-order valence-corrected chi connectivity index (χ1v) is 4.65. The molecule has 0 heterocycles. The Morgan fingerprint density at radius 1 is 1.21 bits per heavy atom. The van der Waals surface area contributed by atoms with Crippen LogP contribution < -0.4 is 0 Å². The van der Waals surface area contributed by atoms with E-state index in [1.165, 1.54) is 0 Å². The van der Waals surface area contributed by atoms with Crippen molar-refractivity contribution in [3.63, 3.8) is 0 Å². The minimum atomic E-state index is 0.0636. The lowest BCUT2D eigenvalue weighted by Gasteiger charge is -2.05. The van der Waals surface area contributed by atoms with Crippen LogP contribution in [0.15, 0.2) is 23.2 Å². The summed E-state index contributed by atoms with van der Waals surface area (Å²) in [5, 5.41) is 0. The molecule has 0 bridgehead atoms. The molecule has 0 aromatic heterocycles. The maximum Gasteiger partial charge on any atom is 0.161 e. The molecule has 2 nitrogen and oxygen atoms in total. The highest BCUT2D eigenvalue weighted by molar-refractivity contribution is 6.00. The zero-order valence-corrected chi connectivity index (χ0v) is 9.09. The van der Waals surface area contributed by atoms with Gasteiger partial charge < -0.3 is 0 Å². The molecule has 1 rings (SSSR count). The van der Waals surface area contributed by atoms with E-state index in [-0.39, 0.29) is 5.78 Å². The summed E-state index contributed by atoms with van der Waals surface area (Å²) in [7, 11) is 0. The van der Waals surface area contributed by atoms with Crippen LogP contribution in [-0.2, 0) is 0 Å². The van der Waals surface area contributed by atoms with Crippen LogP contribution in [0.4, 0.5) is 5.69 Å². The van der Waals surface area contributed by atoms with Crippen LogP contribution in [0.25, 0.3) is 0 Å². The van der Waals surface area contributed by atoms with E-state index < -0.39 is 0 Å². The minimum Gasteiger partial charge on any atom is -0.294 e. The number of hydrogen-bond donors (Lipinski definition) is 0. The smallest absolute Gasteiger partial charge is 0.161 e. The molecular weight excluding hydrogens is 174 g/mol. The number of carbonyl (C=O) groups excluding carboxylic acids is 1. The largest absolute Gasteiger partial charge is 0.294 e. The summed E-state index contributed by atoms with van der Waals surface area (Å²) in [6.07, 6.45) is 0. The van der Waals surface area contributed by atoms with Crippen LogP contribution in [-0.4, -0.2) is 11.5 Å². The van der Waals surface area contributed by atoms with Gasteiger partial charge in [0.15, 0.2) is 5.78 Å². The Kier molecular flexibility index (Phi) is 3.18. The van der Waals surface area contributed by atoms with Gasteiger partial charge in [-0.25, -0.2) is 0 Å². The molecule has 0 aliphatic rings. The summed E-state index contributed by atoms with van der Waals surface area (Å²) in [4.78, 5) is 15.7. The summed E-state index contributed by atoms with van der Waals surface area (Å²) >= 11 is 0. The summed E-state index contributed by atoms with van der Waals surface area (Å²) in [5.74, 6) is 0.0636. The summed E-state index contributed by atoms with van der Waals surface area (Å²) in [6.45, 7) is 7.39. The lowest BCUT2D eigenvalue weighted by Crippen LogP contribution is -1.95. The normalized spacial score (nSPS) is 9.71. The van der Waals surface area contributed by atoms with Crippen molar-refractivity contribution in [2.24, 2.45) is 4.99 Å². The third kappa shape index (κ3) is 2.28. The maximum atomic E-state index is 11.3. The molecule has 14 heavy (non-hydrogen) atoms. The van der Waals surface area contributed by atoms with Crippen molar-refractivity contribution >= 4 is 17.2 Å². The van der Waals surface area contributed by atoms with Crippen LogP contribution >= 0.6 is 0 Å². The van der Waals surface area contributed by atoms with Gasteiger partial charge in [0.2, 0.25) is 0 Å². The molecule has 1 aromatic rings. The molecule has 0 aliphatic carbocycles. The zero-order valence-electron chi connectivity index (χ0n) is 9.09. The van der Waals surface area contributed by atoms with Gasteiger partial charge in [0.1, 0.15) is 0 Å². The number of para-hydroxylation sites is 1. The quantitative estimate of drug-likeness (QED) is 0.518. The van der Waals surface area contributed by atoms with Crippen molar-refractivity contribution in [3.05, 3.63) is 29.3 Å². The second kappa shape index (κ2) is 4.18. The van der Waals surface area contributed by atoms with Crippen molar-refractivity contribution in [2.75, 3.05) is 0 Å². The molecule has 2 heteroatoms. The number of rotatable bonds is 2. The van der Waals surface area contributed by atoms with Crippen LogP contribution in [0.1, 0.15) is 36.7 Å². The van der Waals surface area contributed by atoms with Gasteiger partial charge in [-0.1, -0.05) is 12.1 Å². The van der Waals surface area contributed by atoms with E-state index in [1.807, 2.05) is 39.0 Å². The van der Waals surface area contributed by atoms with Gasteiger partial charge in [-0.2, -0.15) is 0 Å². The van der Waals surface area contributed by atoms with Gasteiger partial charge in [-0.05, 0) is 39.3 Å². The fraction of sp³-hybridized carbons (Fsp3) is 0.333. The first-order chi connectivity index (χ1) is 6.52. The number of aliphatic imine (C=N–C) groups is 1. The number of carbonyl (C=O) groups is 1. The first-order valence-electron chi connectivity index (χ1n) is 4.65. The summed E-state index contributed by atoms with van der Waals surface area (Å²) < 4.78 is 0. The second-order valence-corrected chi connectivity index (χ2v) is 3.59. The maximum absolute atomic E-state index is 11.3. The van der Waals surface area contributed by atoms with Gasteiger partial charge in [0, 0.05) is 11.3 Å². The highest BCUT2D eigenvalue weighted by atomic mass is 16.1. The molecule has 0 saturated carbocycles. The van der Waals surface area contributed by atoms with Gasteiger partial charge in [0.05, 0.1) is 5.69 Å². The van der Waals surface area contributed by atoms with E-state index in [1.54, 1.807) is 6.92 Å². The molecule has 0 amide bonds. The monoisotopic (exact) mass is 189 g/mol. The van der Waals surface area contributed by atoms with Gasteiger partial charge in [-0.3, -0.25) is 9.79 Å². The number of aryl methyl sites for hydroxylation is 1. The highest BCUT2D eigenvalue weighted by Gasteiger charge is 2.07. The van der Waals surface area contributed by atoms with Gasteiger partial charge >= 0.3 is 0 Å². The van der Waals surface area contributed by atoms with Crippen LogP contribution in [0.2, 0.25) is 0 Å². The van der Waals surface area contributed by atoms with Crippen LogP contribution in [0.3, 0.4) is 0 Å². The van der Waals surface area contributed by atoms with Crippen LogP contribution in [0, 0.1) is 6.92 Å². The average molecular weight is 189 g/mol. The third-order valence-electron chi connectivity index (χ3n) is 1.95. The predicted molar refractivity (Wildman–Crippen MR) is 59.6 cm³/mol. The van der Waals surface area contributed by atoms with Crippen LogP contribution in [0.5, 0.6) is 0 Å².